The monoisotopic (exact) mass is 600 g/mol. The van der Waals surface area contributed by atoms with E-state index in [-0.39, 0.29) is 11.8 Å². The number of aromatic amines is 1. The molecule has 0 aliphatic carbocycles. The number of hydrogen-bond donors (Lipinski definition) is 4. The number of fused-ring (bicyclic) bond motifs is 1. The molecule has 5 N–H and O–H groups in total. The first-order valence-electron chi connectivity index (χ1n) is 14.5. The van der Waals surface area contributed by atoms with Crippen molar-refractivity contribution in [3.63, 3.8) is 0 Å². The average Bonchev–Trinajstić information content (AvgIpc) is 3.48. The van der Waals surface area contributed by atoms with Crippen molar-refractivity contribution in [2.75, 3.05) is 30.7 Å². The van der Waals surface area contributed by atoms with Gasteiger partial charge in [0.1, 0.15) is 12.3 Å². The molecule has 0 fully saturated rings. The number of carbonyl (C=O) groups is 1. The zero-order valence-corrected chi connectivity index (χ0v) is 26.2. The predicted molar refractivity (Wildman–Crippen MR) is 172 cm³/mol. The second-order valence-electron chi connectivity index (χ2n) is 11.4. The molecular weight excluding hydrogens is 560 g/mol. The molecule has 3 aromatic carbocycles. The Labute approximate surface area is 256 Å². The molecular formula is C33H40N6O3S. The van der Waals surface area contributed by atoms with Crippen LogP contribution in [0.25, 0.3) is 0 Å². The smallest absolute Gasteiger partial charge is 0.272 e. The lowest BCUT2D eigenvalue weighted by molar-refractivity contribution is 0.0900. The average molecular weight is 601 g/mol. The zero-order chi connectivity index (χ0) is 30.7. The van der Waals surface area contributed by atoms with Crippen molar-refractivity contribution in [3.05, 3.63) is 100 Å². The molecule has 1 amide bonds. The topological polar surface area (TPSA) is 131 Å². The summed E-state index contributed by atoms with van der Waals surface area (Å²) in [6, 6.07) is 19.6. The quantitative estimate of drug-likeness (QED) is 0.151. The molecule has 1 aromatic heterocycles. The van der Waals surface area contributed by atoms with E-state index in [4.69, 9.17) is 10.5 Å². The van der Waals surface area contributed by atoms with Crippen molar-refractivity contribution in [2.45, 2.75) is 57.5 Å². The van der Waals surface area contributed by atoms with Crippen LogP contribution in [0.4, 0.5) is 11.4 Å². The summed E-state index contributed by atoms with van der Waals surface area (Å²) in [5.41, 5.74) is 12.9. The van der Waals surface area contributed by atoms with Crippen molar-refractivity contribution in [1.29, 1.82) is 0 Å². The number of nitrogens with two attached hydrogens (primary N) is 1. The molecule has 226 valence electrons. The molecule has 0 bridgehead atoms. The molecule has 9 nitrogen and oxygen atoms in total. The molecule has 0 radical (unpaired) electrons. The Balaban J connectivity index is 1.55. The fourth-order valence-electron chi connectivity index (χ4n) is 5.77. The van der Waals surface area contributed by atoms with E-state index >= 15 is 0 Å². The molecule has 2 atom stereocenters. The number of para-hydroxylation sites is 1. The summed E-state index contributed by atoms with van der Waals surface area (Å²) in [5.74, 6) is 0.140. The fourth-order valence-corrected chi connectivity index (χ4v) is 7.03. The van der Waals surface area contributed by atoms with Crippen LogP contribution in [0.3, 0.4) is 0 Å². The lowest BCUT2D eigenvalue weighted by atomic mass is 9.74. The summed E-state index contributed by atoms with van der Waals surface area (Å²) in [6.07, 6.45) is 1.63. The highest BCUT2D eigenvalue weighted by atomic mass is 32.2. The highest BCUT2D eigenvalue weighted by molar-refractivity contribution is 7.89. The van der Waals surface area contributed by atoms with E-state index in [1.54, 1.807) is 12.3 Å². The molecule has 2 heterocycles. The molecule has 4 aromatic rings. The molecule has 1 aliphatic rings. The summed E-state index contributed by atoms with van der Waals surface area (Å²) in [4.78, 5) is 13.9. The number of anilines is 2. The number of benzene rings is 3. The standard InChI is InChI=1S/C33H40N6O3S/c1-6-35-26-14-13-25(22(3)31(26)34)30(33(4,5)37-32(40)27-15-16-36-38-27)23-12-11-21(2)24(19-23)20-39-17-18-42-28-9-7-8-10-29(28)43(39)41/h7-16,19,30,35H,6,17-18,20,34H2,1-5H3,(H,36,38)(H,37,40). The van der Waals surface area contributed by atoms with Crippen LogP contribution in [0.5, 0.6) is 5.75 Å². The molecule has 1 aliphatic heterocycles. The number of nitrogens with zero attached hydrogens (tertiary/aromatic N) is 2. The minimum atomic E-state index is -1.37. The van der Waals surface area contributed by atoms with Crippen molar-refractivity contribution in [3.8, 4) is 5.75 Å². The number of hydrogen-bond acceptors (Lipinski definition) is 7. The van der Waals surface area contributed by atoms with Crippen LogP contribution in [0.2, 0.25) is 0 Å². The third kappa shape index (κ3) is 6.36. The van der Waals surface area contributed by atoms with E-state index in [1.807, 2.05) is 62.3 Å². The highest BCUT2D eigenvalue weighted by Gasteiger charge is 2.37. The second kappa shape index (κ2) is 12.7. The summed E-state index contributed by atoms with van der Waals surface area (Å²) >= 11 is -1.37. The van der Waals surface area contributed by atoms with E-state index in [0.29, 0.717) is 41.7 Å². The number of aromatic nitrogens is 2. The van der Waals surface area contributed by atoms with Gasteiger partial charge in [-0.25, -0.2) is 0 Å². The van der Waals surface area contributed by atoms with Crippen molar-refractivity contribution >= 4 is 28.6 Å². The van der Waals surface area contributed by atoms with Crippen LogP contribution >= 0.6 is 0 Å². The Bertz CT molecular complexity index is 1590. The molecule has 5 rings (SSSR count). The van der Waals surface area contributed by atoms with Gasteiger partial charge in [0.2, 0.25) is 4.90 Å². The van der Waals surface area contributed by atoms with Crippen LogP contribution in [0, 0.1) is 13.8 Å². The first kappa shape index (κ1) is 30.5. The van der Waals surface area contributed by atoms with Gasteiger partial charge in [0, 0.05) is 24.2 Å². The third-order valence-electron chi connectivity index (χ3n) is 8.05. The maximum atomic E-state index is 13.6. The number of rotatable bonds is 9. The summed E-state index contributed by atoms with van der Waals surface area (Å²) < 4.78 is 21.5. The molecule has 10 heteroatoms. The number of H-pyrrole nitrogens is 1. The van der Waals surface area contributed by atoms with E-state index in [9.17, 15) is 9.35 Å². The van der Waals surface area contributed by atoms with Crippen molar-refractivity contribution in [1.82, 2.24) is 19.8 Å². The summed E-state index contributed by atoms with van der Waals surface area (Å²) in [5, 5.41) is 13.4. The van der Waals surface area contributed by atoms with E-state index in [0.717, 1.165) is 40.0 Å². The maximum Gasteiger partial charge on any atom is 0.272 e. The number of nitrogens with one attached hydrogen (secondary N) is 3. The Hall–Kier alpha value is -3.99. The van der Waals surface area contributed by atoms with Gasteiger partial charge in [-0.1, -0.05) is 36.4 Å². The van der Waals surface area contributed by atoms with Crippen LogP contribution in [0.1, 0.15) is 65.0 Å². The van der Waals surface area contributed by atoms with Crippen LogP contribution in [-0.4, -0.2) is 50.2 Å². The molecule has 0 saturated carbocycles. The Morgan fingerprint density at radius 3 is 2.72 bits per heavy atom. The lowest BCUT2D eigenvalue weighted by Gasteiger charge is -2.37. The van der Waals surface area contributed by atoms with Gasteiger partial charge in [-0.15, -0.1) is 4.31 Å². The van der Waals surface area contributed by atoms with Gasteiger partial charge in [0.25, 0.3) is 5.91 Å². The first-order valence-corrected chi connectivity index (χ1v) is 15.6. The largest absolute Gasteiger partial charge is 0.593 e. The van der Waals surface area contributed by atoms with Gasteiger partial charge < -0.3 is 25.7 Å². The molecule has 0 spiro atoms. The zero-order valence-electron chi connectivity index (χ0n) is 25.4. The van der Waals surface area contributed by atoms with Crippen molar-refractivity contribution < 1.29 is 14.1 Å². The van der Waals surface area contributed by atoms with Crippen molar-refractivity contribution in [2.24, 2.45) is 0 Å². The lowest BCUT2D eigenvalue weighted by Crippen LogP contribution is -2.48. The fraction of sp³-hybridized carbons (Fsp3) is 0.333. The van der Waals surface area contributed by atoms with Crippen LogP contribution < -0.4 is 21.1 Å². The van der Waals surface area contributed by atoms with Gasteiger partial charge in [-0.3, -0.25) is 9.89 Å². The van der Waals surface area contributed by atoms with E-state index < -0.39 is 16.9 Å². The number of amides is 1. The van der Waals surface area contributed by atoms with E-state index in [1.165, 1.54) is 0 Å². The van der Waals surface area contributed by atoms with Gasteiger partial charge in [-0.05, 0) is 86.7 Å². The molecule has 0 saturated heterocycles. The van der Waals surface area contributed by atoms with Crippen LogP contribution in [-0.2, 0) is 17.9 Å². The second-order valence-corrected chi connectivity index (χ2v) is 12.9. The summed E-state index contributed by atoms with van der Waals surface area (Å²) in [7, 11) is 0. The number of ether oxygens (including phenoxy) is 1. The number of aryl methyl sites for hydroxylation is 1. The number of nitrogen functional groups attached to an aromatic ring is 1. The maximum absolute atomic E-state index is 13.6. The highest BCUT2D eigenvalue weighted by Crippen LogP contribution is 2.41. The van der Waals surface area contributed by atoms with Crippen LogP contribution in [0.15, 0.2) is 71.8 Å². The predicted octanol–water partition coefficient (Wildman–Crippen LogP) is 5.30. The Kier molecular flexibility index (Phi) is 9.00. The third-order valence-corrected chi connectivity index (χ3v) is 9.54. The van der Waals surface area contributed by atoms with E-state index in [2.05, 4.69) is 52.0 Å². The van der Waals surface area contributed by atoms with Gasteiger partial charge in [0.15, 0.2) is 5.75 Å². The minimum Gasteiger partial charge on any atom is -0.593 e. The van der Waals surface area contributed by atoms with Gasteiger partial charge >= 0.3 is 0 Å². The molecule has 43 heavy (non-hydrogen) atoms. The molecule has 2 unspecified atom stereocenters. The normalized spacial score (nSPS) is 16.1. The number of carbonyl (C=O) groups excluding carboxylic acids is 1. The van der Waals surface area contributed by atoms with Gasteiger partial charge in [-0.2, -0.15) is 5.10 Å². The first-order chi connectivity index (χ1) is 20.6. The summed E-state index contributed by atoms with van der Waals surface area (Å²) in [6.45, 7) is 12.4. The SMILES string of the molecule is CCNc1ccc(C(c2ccc(C)c(CN3CCOc4ccccc4[S+]3[O-])c2)C(C)(C)NC(=O)c2cc[nH]n2)c(C)c1N. The minimum absolute atomic E-state index is 0.258. The Morgan fingerprint density at radius 1 is 1.19 bits per heavy atom. The Morgan fingerprint density at radius 2 is 1.98 bits per heavy atom. The van der Waals surface area contributed by atoms with Gasteiger partial charge in [0.05, 0.1) is 35.8 Å².